The highest BCUT2D eigenvalue weighted by Gasteiger charge is 2.26. The summed E-state index contributed by atoms with van der Waals surface area (Å²) in [7, 11) is 2.49. The van der Waals surface area contributed by atoms with Crippen molar-refractivity contribution in [3.63, 3.8) is 0 Å². The highest BCUT2D eigenvalue weighted by Crippen LogP contribution is 2.08. The lowest BCUT2D eigenvalue weighted by Gasteiger charge is -2.26. The fraction of sp³-hybridized carbons (Fsp3) is 0.812. The number of aliphatic hydroxyl groups excluding tert-OH is 1. The smallest absolute Gasteiger partial charge is 0.407 e. The van der Waals surface area contributed by atoms with Gasteiger partial charge in [-0.15, -0.1) is 0 Å². The van der Waals surface area contributed by atoms with Crippen LogP contribution >= 0.6 is 0 Å². The molecule has 0 aliphatic heterocycles. The van der Waals surface area contributed by atoms with Crippen LogP contribution in [0.3, 0.4) is 0 Å². The van der Waals surface area contributed by atoms with E-state index >= 15 is 0 Å². The molecule has 0 heterocycles. The number of rotatable bonds is 9. The van der Waals surface area contributed by atoms with Gasteiger partial charge < -0.3 is 30.0 Å². The van der Waals surface area contributed by atoms with Crippen LogP contribution in [0.2, 0.25) is 0 Å². The van der Waals surface area contributed by atoms with Gasteiger partial charge in [0.2, 0.25) is 0 Å². The summed E-state index contributed by atoms with van der Waals surface area (Å²) in [6.07, 6.45) is -1.28. The summed E-state index contributed by atoms with van der Waals surface area (Å²) in [5.41, 5.74) is -0.668. The van der Waals surface area contributed by atoms with Gasteiger partial charge in [0.25, 0.3) is 0 Å². The molecule has 0 fully saturated rings. The molecule has 0 saturated heterocycles. The molecule has 3 N–H and O–H groups in total. The van der Waals surface area contributed by atoms with Gasteiger partial charge in [-0.05, 0) is 34.1 Å². The van der Waals surface area contributed by atoms with Gasteiger partial charge in [0, 0.05) is 19.0 Å². The largest absolute Gasteiger partial charge is 0.469 e. The Morgan fingerprint density at radius 2 is 1.72 bits per heavy atom. The molecule has 25 heavy (non-hydrogen) atoms. The fourth-order valence-electron chi connectivity index (χ4n) is 1.94. The van der Waals surface area contributed by atoms with E-state index in [1.165, 1.54) is 21.1 Å². The summed E-state index contributed by atoms with van der Waals surface area (Å²) in [6.45, 7) is 6.76. The van der Waals surface area contributed by atoms with Crippen LogP contribution in [0.15, 0.2) is 0 Å². The van der Waals surface area contributed by atoms with E-state index in [1.54, 1.807) is 20.8 Å². The minimum Gasteiger partial charge on any atom is -0.469 e. The molecule has 0 bridgehead atoms. The highest BCUT2D eigenvalue weighted by atomic mass is 16.6. The normalized spacial score (nSPS) is 14.8. The molecule has 0 aromatic rings. The average molecular weight is 362 g/mol. The maximum atomic E-state index is 11.9. The van der Waals surface area contributed by atoms with Crippen LogP contribution in [0.5, 0.6) is 0 Å². The van der Waals surface area contributed by atoms with Crippen molar-refractivity contribution < 1.29 is 33.7 Å². The third-order valence-corrected chi connectivity index (χ3v) is 3.17. The van der Waals surface area contributed by atoms with E-state index in [-0.39, 0.29) is 19.4 Å². The van der Waals surface area contributed by atoms with Crippen molar-refractivity contribution in [2.45, 2.75) is 64.3 Å². The summed E-state index contributed by atoms with van der Waals surface area (Å²) in [4.78, 5) is 34.9. The SMILES string of the molecule is COC(=O)CCC(CNC(C(=O)OC)C(C)O)NC(=O)OC(C)(C)C. The molecular weight excluding hydrogens is 332 g/mol. The molecule has 0 spiro atoms. The molecule has 3 atom stereocenters. The number of carbonyl (C=O) groups excluding carboxylic acids is 3. The van der Waals surface area contributed by atoms with Gasteiger partial charge in [0.1, 0.15) is 11.6 Å². The van der Waals surface area contributed by atoms with Crippen LogP contribution in [0.1, 0.15) is 40.5 Å². The van der Waals surface area contributed by atoms with Gasteiger partial charge in [0.05, 0.1) is 20.3 Å². The second-order valence-corrected chi connectivity index (χ2v) is 6.61. The molecule has 0 radical (unpaired) electrons. The first-order valence-electron chi connectivity index (χ1n) is 8.05. The van der Waals surface area contributed by atoms with Crippen molar-refractivity contribution in [2.75, 3.05) is 20.8 Å². The Labute approximate surface area is 148 Å². The zero-order valence-electron chi connectivity index (χ0n) is 15.8. The van der Waals surface area contributed by atoms with Crippen molar-refractivity contribution in [3.05, 3.63) is 0 Å². The Hall–Kier alpha value is -1.87. The minimum atomic E-state index is -0.991. The lowest BCUT2D eigenvalue weighted by Crippen LogP contribution is -2.52. The van der Waals surface area contributed by atoms with E-state index in [4.69, 9.17) is 4.74 Å². The minimum absolute atomic E-state index is 0.0796. The van der Waals surface area contributed by atoms with E-state index in [9.17, 15) is 19.5 Å². The van der Waals surface area contributed by atoms with E-state index in [1.807, 2.05) is 0 Å². The monoisotopic (exact) mass is 362 g/mol. The van der Waals surface area contributed by atoms with Crippen LogP contribution in [-0.2, 0) is 23.8 Å². The summed E-state index contributed by atoms with van der Waals surface area (Å²) < 4.78 is 14.4. The summed E-state index contributed by atoms with van der Waals surface area (Å²) in [5.74, 6) is -1.05. The maximum Gasteiger partial charge on any atom is 0.407 e. The Kier molecular flexibility index (Phi) is 10.1. The number of carbonyl (C=O) groups is 3. The van der Waals surface area contributed by atoms with Gasteiger partial charge in [0.15, 0.2) is 0 Å². The van der Waals surface area contributed by atoms with Crippen LogP contribution in [0.25, 0.3) is 0 Å². The number of ether oxygens (including phenoxy) is 3. The summed E-state index contributed by atoms with van der Waals surface area (Å²) in [5, 5.41) is 15.1. The second-order valence-electron chi connectivity index (χ2n) is 6.61. The lowest BCUT2D eigenvalue weighted by molar-refractivity contribution is -0.146. The maximum absolute atomic E-state index is 11.9. The molecule has 9 heteroatoms. The molecule has 1 amide bonds. The molecular formula is C16H30N2O7. The molecule has 0 rings (SSSR count). The first-order chi connectivity index (χ1) is 11.5. The van der Waals surface area contributed by atoms with Crippen molar-refractivity contribution >= 4 is 18.0 Å². The van der Waals surface area contributed by atoms with Gasteiger partial charge in [-0.25, -0.2) is 4.79 Å². The molecule has 0 aromatic carbocycles. The van der Waals surface area contributed by atoms with Crippen LogP contribution < -0.4 is 10.6 Å². The predicted octanol–water partition coefficient (Wildman–Crippen LogP) is 0.345. The summed E-state index contributed by atoms with van der Waals surface area (Å²) >= 11 is 0. The standard InChI is InChI=1S/C16H30N2O7/c1-10(19)13(14(21)24-6)17-9-11(7-8-12(20)23-5)18-15(22)25-16(2,3)4/h10-11,13,17,19H,7-9H2,1-6H3,(H,18,22). The second kappa shape index (κ2) is 10.9. The lowest BCUT2D eigenvalue weighted by atomic mass is 10.1. The molecule has 0 aliphatic rings. The average Bonchev–Trinajstić information content (AvgIpc) is 2.49. The van der Waals surface area contributed by atoms with Gasteiger partial charge in [-0.1, -0.05) is 0 Å². The Bertz CT molecular complexity index is 446. The molecule has 146 valence electrons. The number of nitrogens with one attached hydrogen (secondary N) is 2. The highest BCUT2D eigenvalue weighted by molar-refractivity contribution is 5.76. The number of esters is 2. The molecule has 0 aromatic heterocycles. The zero-order valence-corrected chi connectivity index (χ0v) is 15.8. The van der Waals surface area contributed by atoms with Crippen LogP contribution in [0, 0.1) is 0 Å². The number of hydrogen-bond acceptors (Lipinski definition) is 8. The number of alkyl carbamates (subject to hydrolysis) is 1. The predicted molar refractivity (Wildman–Crippen MR) is 89.9 cm³/mol. The number of hydrogen-bond donors (Lipinski definition) is 3. The van der Waals surface area contributed by atoms with Gasteiger partial charge in [-0.2, -0.15) is 0 Å². The molecule has 3 unspecified atom stereocenters. The third kappa shape index (κ3) is 10.6. The van der Waals surface area contributed by atoms with E-state index in [0.29, 0.717) is 0 Å². The first kappa shape index (κ1) is 23.1. The molecule has 0 aliphatic carbocycles. The number of methoxy groups -OCH3 is 2. The van der Waals surface area contributed by atoms with Crippen molar-refractivity contribution in [2.24, 2.45) is 0 Å². The van der Waals surface area contributed by atoms with E-state index in [2.05, 4.69) is 20.1 Å². The van der Waals surface area contributed by atoms with Crippen molar-refractivity contribution in [1.82, 2.24) is 10.6 Å². The van der Waals surface area contributed by atoms with Crippen molar-refractivity contribution in [3.8, 4) is 0 Å². The summed E-state index contributed by atoms with van der Waals surface area (Å²) in [6, 6.07) is -1.47. The fourth-order valence-corrected chi connectivity index (χ4v) is 1.94. The van der Waals surface area contributed by atoms with Gasteiger partial charge >= 0.3 is 18.0 Å². The third-order valence-electron chi connectivity index (χ3n) is 3.17. The van der Waals surface area contributed by atoms with Crippen LogP contribution in [-0.4, -0.2) is 67.7 Å². The van der Waals surface area contributed by atoms with Gasteiger partial charge in [-0.3, -0.25) is 9.59 Å². The van der Waals surface area contributed by atoms with E-state index in [0.717, 1.165) is 0 Å². The molecule has 9 nitrogen and oxygen atoms in total. The van der Waals surface area contributed by atoms with Crippen LogP contribution in [0.4, 0.5) is 4.79 Å². The topological polar surface area (TPSA) is 123 Å². The van der Waals surface area contributed by atoms with Crippen molar-refractivity contribution in [1.29, 1.82) is 0 Å². The zero-order chi connectivity index (χ0) is 19.6. The quantitative estimate of drug-likeness (QED) is 0.396. The Morgan fingerprint density at radius 1 is 1.12 bits per heavy atom. The number of amides is 1. The number of aliphatic hydroxyl groups is 1. The molecule has 0 saturated carbocycles. The van der Waals surface area contributed by atoms with E-state index < -0.39 is 41.8 Å². The first-order valence-corrected chi connectivity index (χ1v) is 8.05. The Balaban J connectivity index is 4.84. The Morgan fingerprint density at radius 3 is 2.16 bits per heavy atom.